The second kappa shape index (κ2) is 7.26. The van der Waals surface area contributed by atoms with Crippen molar-refractivity contribution in [3.05, 3.63) is 63.7 Å². The molecule has 0 aliphatic carbocycles. The molecule has 7 heteroatoms. The minimum Gasteiger partial charge on any atom is -0.490 e. The first-order valence-electron chi connectivity index (χ1n) is 6.86. The number of benzene rings is 1. The Kier molecular flexibility index (Phi) is 5.14. The van der Waals surface area contributed by atoms with Crippen LogP contribution in [-0.4, -0.2) is 17.5 Å². The lowest BCUT2D eigenvalue weighted by molar-refractivity contribution is -0.422. The Morgan fingerprint density at radius 1 is 1.35 bits per heavy atom. The molecule has 0 spiro atoms. The number of carbonyl (C=O) groups excluding carboxylic acids is 1. The zero-order valence-corrected chi connectivity index (χ0v) is 12.6. The molecule has 2 aromatic rings. The highest BCUT2D eigenvalue weighted by molar-refractivity contribution is 5.88. The van der Waals surface area contributed by atoms with Gasteiger partial charge in [0.1, 0.15) is 0 Å². The molecule has 1 heterocycles. The van der Waals surface area contributed by atoms with Crippen molar-refractivity contribution in [1.29, 1.82) is 0 Å². The van der Waals surface area contributed by atoms with Crippen LogP contribution in [0.4, 0.5) is 0 Å². The average molecular weight is 317 g/mol. The zero-order valence-electron chi connectivity index (χ0n) is 12.6. The summed E-state index contributed by atoms with van der Waals surface area (Å²) in [7, 11) is 0. The number of nitrogens with zero attached hydrogens (tertiary/aromatic N) is 1. The normalized spacial score (nSPS) is 11.1. The maximum Gasteiger partial charge on any atom is 0.379 e. The molecule has 0 N–H and O–H groups in total. The van der Waals surface area contributed by atoms with Crippen LogP contribution in [-0.2, 0) is 0 Å². The van der Waals surface area contributed by atoms with Gasteiger partial charge in [0.2, 0.25) is 11.5 Å². The van der Waals surface area contributed by atoms with Gasteiger partial charge in [-0.2, -0.15) is 0 Å². The summed E-state index contributed by atoms with van der Waals surface area (Å²) in [6.07, 6.45) is 2.77. The van der Waals surface area contributed by atoms with Crippen LogP contribution in [0.3, 0.4) is 0 Å². The fourth-order valence-electron chi connectivity index (χ4n) is 1.81. The van der Waals surface area contributed by atoms with Crippen LogP contribution in [0.25, 0.3) is 6.08 Å². The number of hydrogen-bond acceptors (Lipinski definition) is 6. The number of ether oxygens (including phenoxy) is 2. The third-order valence-corrected chi connectivity index (χ3v) is 2.86. The lowest BCUT2D eigenvalue weighted by atomic mass is 10.1. The van der Waals surface area contributed by atoms with Gasteiger partial charge in [0, 0.05) is 13.0 Å². The predicted molar refractivity (Wildman–Crippen MR) is 81.9 cm³/mol. The number of esters is 1. The molecule has 120 valence electrons. The Hall–Kier alpha value is -3.09. The Labute approximate surface area is 132 Å². The molecule has 0 bridgehead atoms. The molecule has 0 aliphatic rings. The van der Waals surface area contributed by atoms with Crippen molar-refractivity contribution in [3.8, 4) is 11.5 Å². The van der Waals surface area contributed by atoms with E-state index in [1.807, 2.05) is 0 Å². The molecule has 0 radical (unpaired) electrons. The Balaban J connectivity index is 2.27. The van der Waals surface area contributed by atoms with Gasteiger partial charge in [0.15, 0.2) is 11.5 Å². The molecule has 0 aliphatic heterocycles. The van der Waals surface area contributed by atoms with Gasteiger partial charge < -0.3 is 13.9 Å². The van der Waals surface area contributed by atoms with Gasteiger partial charge in [-0.3, -0.25) is 10.1 Å². The number of furan rings is 1. The number of nitro groups is 1. The van der Waals surface area contributed by atoms with Crippen LogP contribution in [0.2, 0.25) is 0 Å². The van der Waals surface area contributed by atoms with E-state index in [-0.39, 0.29) is 17.2 Å². The zero-order chi connectivity index (χ0) is 16.8. The Bertz CT molecular complexity index is 733. The molecule has 0 saturated heterocycles. The first kappa shape index (κ1) is 16.3. The predicted octanol–water partition coefficient (Wildman–Crippen LogP) is 3.54. The van der Waals surface area contributed by atoms with Crippen molar-refractivity contribution in [1.82, 2.24) is 0 Å². The second-order valence-corrected chi connectivity index (χ2v) is 4.55. The van der Waals surface area contributed by atoms with E-state index in [1.165, 1.54) is 31.4 Å². The minimum absolute atomic E-state index is 0.00669. The molecule has 0 atom stereocenters. The molecule has 7 nitrogen and oxygen atoms in total. The quantitative estimate of drug-likeness (QED) is 0.350. The summed E-state index contributed by atoms with van der Waals surface area (Å²) in [6, 6.07) is 7.75. The van der Waals surface area contributed by atoms with Crippen molar-refractivity contribution in [2.75, 3.05) is 6.61 Å². The van der Waals surface area contributed by atoms with Crippen LogP contribution >= 0.6 is 0 Å². The number of hydrogen-bond donors (Lipinski definition) is 0. The smallest absolute Gasteiger partial charge is 0.379 e. The molecule has 2 rings (SSSR count). The second-order valence-electron chi connectivity index (χ2n) is 4.55. The van der Waals surface area contributed by atoms with E-state index < -0.39 is 10.9 Å². The molecule has 1 aromatic carbocycles. The summed E-state index contributed by atoms with van der Waals surface area (Å²) in [4.78, 5) is 22.1. The van der Waals surface area contributed by atoms with Gasteiger partial charge in [-0.25, -0.2) is 4.79 Å². The molecular weight excluding hydrogens is 302 g/mol. The first-order valence-corrected chi connectivity index (χ1v) is 6.86. The summed E-state index contributed by atoms with van der Waals surface area (Å²) in [6.45, 7) is 3.53. The van der Waals surface area contributed by atoms with Crippen LogP contribution in [0.1, 0.15) is 30.0 Å². The average Bonchev–Trinajstić information content (AvgIpc) is 3.04. The van der Waals surface area contributed by atoms with E-state index >= 15 is 0 Å². The molecule has 23 heavy (non-hydrogen) atoms. The SMILES string of the molecule is CCOc1cc(C=C(C)[N+](=O)[O-])ccc1OC(=O)c1ccco1. The molecule has 0 amide bonds. The van der Waals surface area contributed by atoms with Gasteiger partial charge >= 0.3 is 5.97 Å². The van der Waals surface area contributed by atoms with Crippen LogP contribution in [0.15, 0.2) is 46.7 Å². The van der Waals surface area contributed by atoms with Crippen LogP contribution < -0.4 is 9.47 Å². The Morgan fingerprint density at radius 3 is 2.74 bits per heavy atom. The largest absolute Gasteiger partial charge is 0.490 e. The highest BCUT2D eigenvalue weighted by atomic mass is 16.6. The number of rotatable bonds is 6. The number of allylic oxidation sites excluding steroid dienone is 1. The van der Waals surface area contributed by atoms with Gasteiger partial charge in [0.05, 0.1) is 17.8 Å². The molecule has 0 unspecified atom stereocenters. The summed E-state index contributed by atoms with van der Waals surface area (Å²) < 4.78 is 15.6. The summed E-state index contributed by atoms with van der Waals surface area (Å²) in [5.41, 5.74) is 0.563. The van der Waals surface area contributed by atoms with E-state index in [0.717, 1.165) is 0 Å². The summed E-state index contributed by atoms with van der Waals surface area (Å²) >= 11 is 0. The minimum atomic E-state index is -0.652. The monoisotopic (exact) mass is 317 g/mol. The van der Waals surface area contributed by atoms with E-state index in [4.69, 9.17) is 13.9 Å². The fraction of sp³-hybridized carbons (Fsp3) is 0.188. The van der Waals surface area contributed by atoms with E-state index in [2.05, 4.69) is 0 Å². The summed E-state index contributed by atoms with van der Waals surface area (Å²) in [5, 5.41) is 10.7. The van der Waals surface area contributed by atoms with Crippen molar-refractivity contribution in [2.24, 2.45) is 0 Å². The van der Waals surface area contributed by atoms with Crippen molar-refractivity contribution in [3.63, 3.8) is 0 Å². The van der Waals surface area contributed by atoms with E-state index in [0.29, 0.717) is 17.9 Å². The highest BCUT2D eigenvalue weighted by Gasteiger charge is 2.15. The van der Waals surface area contributed by atoms with E-state index in [1.54, 1.807) is 25.1 Å². The van der Waals surface area contributed by atoms with Crippen LogP contribution in [0.5, 0.6) is 11.5 Å². The molecular formula is C16H15NO6. The van der Waals surface area contributed by atoms with Crippen molar-refractivity contribution >= 4 is 12.0 Å². The van der Waals surface area contributed by atoms with Crippen LogP contribution in [0, 0.1) is 10.1 Å². The van der Waals surface area contributed by atoms with Gasteiger partial charge in [-0.15, -0.1) is 0 Å². The van der Waals surface area contributed by atoms with Crippen molar-refractivity contribution in [2.45, 2.75) is 13.8 Å². The molecule has 0 fully saturated rings. The maximum absolute atomic E-state index is 11.9. The summed E-state index contributed by atoms with van der Waals surface area (Å²) in [5.74, 6) is -0.0530. The third-order valence-electron chi connectivity index (χ3n) is 2.86. The van der Waals surface area contributed by atoms with Gasteiger partial charge in [0.25, 0.3) is 0 Å². The third kappa shape index (κ3) is 4.19. The lowest BCUT2D eigenvalue weighted by Crippen LogP contribution is -2.08. The van der Waals surface area contributed by atoms with E-state index in [9.17, 15) is 14.9 Å². The molecule has 0 saturated carbocycles. The lowest BCUT2D eigenvalue weighted by Gasteiger charge is -2.10. The number of carbonyl (C=O) groups is 1. The first-order chi connectivity index (χ1) is 11.0. The molecule has 1 aromatic heterocycles. The highest BCUT2D eigenvalue weighted by Crippen LogP contribution is 2.30. The van der Waals surface area contributed by atoms with Gasteiger partial charge in [-0.1, -0.05) is 6.07 Å². The maximum atomic E-state index is 11.9. The van der Waals surface area contributed by atoms with Gasteiger partial charge in [-0.05, 0) is 36.8 Å². The fourth-order valence-corrected chi connectivity index (χ4v) is 1.81. The topological polar surface area (TPSA) is 91.8 Å². The standard InChI is InChI=1S/C16H15NO6/c1-3-21-15-10-12(9-11(2)17(19)20)6-7-13(15)23-16(18)14-5-4-8-22-14/h4-10H,3H2,1-2H3. The Morgan fingerprint density at radius 2 is 2.13 bits per heavy atom. The van der Waals surface area contributed by atoms with Crippen molar-refractivity contribution < 1.29 is 23.6 Å².